The summed E-state index contributed by atoms with van der Waals surface area (Å²) in [4.78, 5) is 22.5. The minimum atomic E-state index is -0.324. The van der Waals surface area contributed by atoms with Crippen LogP contribution in [0.15, 0.2) is 0 Å². The van der Waals surface area contributed by atoms with Crippen molar-refractivity contribution in [2.75, 3.05) is 6.54 Å². The first kappa shape index (κ1) is 14.1. The van der Waals surface area contributed by atoms with Crippen molar-refractivity contribution in [3.8, 4) is 0 Å². The van der Waals surface area contributed by atoms with Gasteiger partial charge in [0.2, 0.25) is 5.91 Å². The molecule has 0 aliphatic rings. The van der Waals surface area contributed by atoms with Crippen LogP contribution in [-0.4, -0.2) is 24.3 Å². The predicted octanol–water partition coefficient (Wildman–Crippen LogP) is 0.989. The third kappa shape index (κ3) is 7.08. The van der Waals surface area contributed by atoms with E-state index in [0.717, 1.165) is 19.3 Å². The third-order valence-electron chi connectivity index (χ3n) is 2.25. The molecule has 0 aromatic rings. The van der Waals surface area contributed by atoms with Crippen LogP contribution >= 0.6 is 0 Å². The van der Waals surface area contributed by atoms with Gasteiger partial charge in [-0.05, 0) is 39.2 Å². The van der Waals surface area contributed by atoms with E-state index in [1.807, 2.05) is 6.92 Å². The van der Waals surface area contributed by atoms with Crippen LogP contribution in [-0.2, 0) is 9.59 Å². The molecule has 0 aromatic carbocycles. The van der Waals surface area contributed by atoms with Crippen molar-refractivity contribution >= 4 is 11.7 Å². The molecular formula is C11H22N2O2. The Bertz CT molecular complexity index is 205. The molecule has 3 N–H and O–H groups in total. The van der Waals surface area contributed by atoms with Gasteiger partial charge in [-0.25, -0.2) is 0 Å². The van der Waals surface area contributed by atoms with Crippen LogP contribution in [0.5, 0.6) is 0 Å². The number of hydrogen-bond donors (Lipinski definition) is 2. The zero-order valence-corrected chi connectivity index (χ0v) is 9.71. The van der Waals surface area contributed by atoms with E-state index in [-0.39, 0.29) is 17.7 Å². The van der Waals surface area contributed by atoms with Crippen molar-refractivity contribution in [2.24, 2.45) is 5.73 Å². The number of unbranched alkanes of at least 4 members (excludes halogenated alkanes) is 1. The fraction of sp³-hybridized carbons (Fsp3) is 0.818. The molecule has 4 heteroatoms. The van der Waals surface area contributed by atoms with E-state index in [2.05, 4.69) is 5.32 Å². The molecule has 1 unspecified atom stereocenters. The maximum absolute atomic E-state index is 11.3. The average Bonchev–Trinajstić information content (AvgIpc) is 2.16. The summed E-state index contributed by atoms with van der Waals surface area (Å²) in [6, 6.07) is -0.324. The van der Waals surface area contributed by atoms with Gasteiger partial charge < -0.3 is 11.1 Å². The highest BCUT2D eigenvalue weighted by Gasteiger charge is 2.15. The minimum Gasteiger partial charge on any atom is -0.346 e. The van der Waals surface area contributed by atoms with E-state index in [9.17, 15) is 9.59 Å². The van der Waals surface area contributed by atoms with Gasteiger partial charge in [0.1, 0.15) is 0 Å². The molecule has 0 saturated heterocycles. The SMILES string of the molecule is CCCC(=O)NC(CCCCN)C(C)=O. The molecular weight excluding hydrogens is 192 g/mol. The zero-order chi connectivity index (χ0) is 11.7. The van der Waals surface area contributed by atoms with Crippen LogP contribution in [0.1, 0.15) is 46.0 Å². The summed E-state index contributed by atoms with van der Waals surface area (Å²) in [7, 11) is 0. The Morgan fingerprint density at radius 1 is 1.33 bits per heavy atom. The summed E-state index contributed by atoms with van der Waals surface area (Å²) in [5, 5.41) is 2.75. The molecule has 1 amide bonds. The van der Waals surface area contributed by atoms with E-state index in [4.69, 9.17) is 5.73 Å². The average molecular weight is 214 g/mol. The van der Waals surface area contributed by atoms with Gasteiger partial charge in [-0.15, -0.1) is 0 Å². The van der Waals surface area contributed by atoms with Crippen molar-refractivity contribution in [3.05, 3.63) is 0 Å². The molecule has 0 aliphatic carbocycles. The topological polar surface area (TPSA) is 72.2 Å². The molecule has 0 saturated carbocycles. The number of ketones is 1. The highest BCUT2D eigenvalue weighted by molar-refractivity contribution is 5.87. The maximum atomic E-state index is 11.3. The lowest BCUT2D eigenvalue weighted by atomic mass is 10.1. The number of Topliss-reactive ketones (excluding diaryl/α,β-unsaturated/α-hetero) is 1. The first-order valence-electron chi connectivity index (χ1n) is 5.61. The summed E-state index contributed by atoms with van der Waals surface area (Å²) in [6.07, 6.45) is 3.77. The molecule has 15 heavy (non-hydrogen) atoms. The van der Waals surface area contributed by atoms with Gasteiger partial charge in [0.05, 0.1) is 6.04 Å². The number of rotatable bonds is 8. The van der Waals surface area contributed by atoms with E-state index >= 15 is 0 Å². The lowest BCUT2D eigenvalue weighted by Gasteiger charge is -2.15. The quantitative estimate of drug-likeness (QED) is 0.592. The fourth-order valence-electron chi connectivity index (χ4n) is 1.36. The number of nitrogens with one attached hydrogen (secondary N) is 1. The molecule has 0 aromatic heterocycles. The molecule has 1 atom stereocenters. The molecule has 0 heterocycles. The molecule has 88 valence electrons. The Morgan fingerprint density at radius 2 is 2.00 bits per heavy atom. The lowest BCUT2D eigenvalue weighted by Crippen LogP contribution is -2.39. The second kappa shape index (κ2) is 8.41. The van der Waals surface area contributed by atoms with Gasteiger partial charge >= 0.3 is 0 Å². The van der Waals surface area contributed by atoms with Gasteiger partial charge in [0, 0.05) is 6.42 Å². The van der Waals surface area contributed by atoms with Crippen LogP contribution in [0.2, 0.25) is 0 Å². The van der Waals surface area contributed by atoms with Gasteiger partial charge in [-0.1, -0.05) is 6.92 Å². The number of nitrogens with two attached hydrogens (primary N) is 1. The second-order valence-corrected chi connectivity index (χ2v) is 3.77. The van der Waals surface area contributed by atoms with E-state index in [0.29, 0.717) is 19.4 Å². The Hall–Kier alpha value is -0.900. The predicted molar refractivity (Wildman–Crippen MR) is 60.4 cm³/mol. The van der Waals surface area contributed by atoms with Gasteiger partial charge in [-0.3, -0.25) is 9.59 Å². The fourth-order valence-corrected chi connectivity index (χ4v) is 1.36. The normalized spacial score (nSPS) is 12.2. The Balaban J connectivity index is 3.93. The first-order valence-corrected chi connectivity index (χ1v) is 5.61. The van der Waals surface area contributed by atoms with Crippen molar-refractivity contribution in [1.29, 1.82) is 0 Å². The van der Waals surface area contributed by atoms with E-state index in [1.165, 1.54) is 6.92 Å². The molecule has 0 radical (unpaired) electrons. The Labute approximate surface area is 91.6 Å². The molecule has 0 aliphatic heterocycles. The number of carbonyl (C=O) groups excluding carboxylic acids is 2. The summed E-state index contributed by atoms with van der Waals surface area (Å²) in [5.41, 5.74) is 5.37. The van der Waals surface area contributed by atoms with Crippen LogP contribution in [0, 0.1) is 0 Å². The Kier molecular flexibility index (Phi) is 7.91. The van der Waals surface area contributed by atoms with Crippen LogP contribution < -0.4 is 11.1 Å². The summed E-state index contributed by atoms with van der Waals surface area (Å²) in [6.45, 7) is 4.09. The largest absolute Gasteiger partial charge is 0.346 e. The monoisotopic (exact) mass is 214 g/mol. The van der Waals surface area contributed by atoms with Crippen LogP contribution in [0.3, 0.4) is 0 Å². The van der Waals surface area contributed by atoms with Crippen LogP contribution in [0.25, 0.3) is 0 Å². The standard InChI is InChI=1S/C11H22N2O2/c1-3-6-11(15)13-10(9(2)14)7-4-5-8-12/h10H,3-8,12H2,1-2H3,(H,13,15). The van der Waals surface area contributed by atoms with Gasteiger partial charge in [0.25, 0.3) is 0 Å². The third-order valence-corrected chi connectivity index (χ3v) is 2.25. The van der Waals surface area contributed by atoms with Crippen molar-refractivity contribution < 1.29 is 9.59 Å². The van der Waals surface area contributed by atoms with Crippen molar-refractivity contribution in [1.82, 2.24) is 5.32 Å². The zero-order valence-electron chi connectivity index (χ0n) is 9.71. The minimum absolute atomic E-state index is 0.0245. The molecule has 0 fully saturated rings. The second-order valence-electron chi connectivity index (χ2n) is 3.77. The number of amides is 1. The Morgan fingerprint density at radius 3 is 2.47 bits per heavy atom. The van der Waals surface area contributed by atoms with Crippen molar-refractivity contribution in [2.45, 2.75) is 52.0 Å². The molecule has 0 spiro atoms. The summed E-state index contributed by atoms with van der Waals surface area (Å²) >= 11 is 0. The highest BCUT2D eigenvalue weighted by atomic mass is 16.2. The molecule has 4 nitrogen and oxygen atoms in total. The van der Waals surface area contributed by atoms with E-state index < -0.39 is 0 Å². The van der Waals surface area contributed by atoms with Crippen LogP contribution in [0.4, 0.5) is 0 Å². The van der Waals surface area contributed by atoms with Gasteiger partial charge in [-0.2, -0.15) is 0 Å². The first-order chi connectivity index (χ1) is 7.11. The smallest absolute Gasteiger partial charge is 0.220 e. The lowest BCUT2D eigenvalue weighted by molar-refractivity contribution is -0.127. The van der Waals surface area contributed by atoms with E-state index in [1.54, 1.807) is 0 Å². The maximum Gasteiger partial charge on any atom is 0.220 e. The molecule has 0 bridgehead atoms. The van der Waals surface area contributed by atoms with Crippen molar-refractivity contribution in [3.63, 3.8) is 0 Å². The highest BCUT2D eigenvalue weighted by Crippen LogP contribution is 2.02. The number of carbonyl (C=O) groups is 2. The summed E-state index contributed by atoms with van der Waals surface area (Å²) < 4.78 is 0. The number of hydrogen-bond acceptors (Lipinski definition) is 3. The summed E-state index contributed by atoms with van der Waals surface area (Å²) in [5.74, 6) is -0.0121. The van der Waals surface area contributed by atoms with Gasteiger partial charge in [0.15, 0.2) is 5.78 Å². The molecule has 0 rings (SSSR count).